The third-order valence-corrected chi connectivity index (χ3v) is 1.39. The van der Waals surface area contributed by atoms with Gasteiger partial charge in [-0.2, -0.15) is 0 Å². The summed E-state index contributed by atoms with van der Waals surface area (Å²) < 4.78 is 0. The van der Waals surface area contributed by atoms with Crippen LogP contribution in [0, 0.1) is 0 Å². The Morgan fingerprint density at radius 3 is 2.64 bits per heavy atom. The van der Waals surface area contributed by atoms with Crippen LogP contribution in [0.2, 0.25) is 0 Å². The lowest BCUT2D eigenvalue weighted by atomic mass is 10.1. The van der Waals surface area contributed by atoms with Gasteiger partial charge in [0.1, 0.15) is 0 Å². The van der Waals surface area contributed by atoms with E-state index in [9.17, 15) is 0 Å². The van der Waals surface area contributed by atoms with Crippen molar-refractivity contribution in [3.8, 4) is 0 Å². The van der Waals surface area contributed by atoms with Crippen molar-refractivity contribution in [2.24, 2.45) is 4.99 Å². The van der Waals surface area contributed by atoms with E-state index in [1.54, 1.807) is 0 Å². The number of aliphatic imine (C=N–C) groups is 1. The molecule has 1 heterocycles. The quantitative estimate of drug-likeness (QED) is 0.541. The van der Waals surface area contributed by atoms with Crippen LogP contribution in [-0.2, 0) is 0 Å². The fourth-order valence-electron chi connectivity index (χ4n) is 0.972. The van der Waals surface area contributed by atoms with Crippen LogP contribution in [0.3, 0.4) is 0 Å². The molecular formula is C8H17N3. The molecule has 0 aromatic heterocycles. The van der Waals surface area contributed by atoms with Gasteiger partial charge in [-0.15, -0.1) is 0 Å². The number of hydrogen-bond acceptors (Lipinski definition) is 3. The van der Waals surface area contributed by atoms with Gasteiger partial charge in [-0.05, 0) is 27.2 Å². The van der Waals surface area contributed by atoms with E-state index in [0.717, 1.165) is 25.5 Å². The molecule has 0 amide bonds. The first-order valence-electron chi connectivity index (χ1n) is 4.14. The van der Waals surface area contributed by atoms with Crippen LogP contribution in [0.5, 0.6) is 0 Å². The summed E-state index contributed by atoms with van der Waals surface area (Å²) in [5, 5.41) is 6.51. The van der Waals surface area contributed by atoms with Gasteiger partial charge in [-0.3, -0.25) is 4.99 Å². The molecule has 64 valence electrons. The summed E-state index contributed by atoms with van der Waals surface area (Å²) in [6.45, 7) is 8.39. The lowest BCUT2D eigenvalue weighted by Gasteiger charge is -2.25. The summed E-state index contributed by atoms with van der Waals surface area (Å²) in [4.78, 5) is 4.31. The normalized spacial score (nSPS) is 18.6. The van der Waals surface area contributed by atoms with Crippen LogP contribution in [-0.4, -0.2) is 24.6 Å². The van der Waals surface area contributed by atoms with E-state index in [0.29, 0.717) is 0 Å². The molecule has 0 saturated heterocycles. The third kappa shape index (κ3) is 3.25. The molecule has 0 aromatic carbocycles. The van der Waals surface area contributed by atoms with Gasteiger partial charge in [-0.1, -0.05) is 0 Å². The van der Waals surface area contributed by atoms with Gasteiger partial charge >= 0.3 is 0 Å². The Morgan fingerprint density at radius 2 is 2.18 bits per heavy atom. The maximum Gasteiger partial charge on any atom is 0.191 e. The maximum absolute atomic E-state index is 4.31. The monoisotopic (exact) mass is 155 g/mol. The highest BCUT2D eigenvalue weighted by atomic mass is 15.2. The molecule has 0 unspecified atom stereocenters. The van der Waals surface area contributed by atoms with E-state index in [-0.39, 0.29) is 5.54 Å². The summed E-state index contributed by atoms with van der Waals surface area (Å²) in [5.74, 6) is 0.948. The lowest BCUT2D eigenvalue weighted by Crippen LogP contribution is -2.49. The molecule has 0 radical (unpaired) electrons. The number of nitrogens with one attached hydrogen (secondary N) is 2. The van der Waals surface area contributed by atoms with E-state index in [4.69, 9.17) is 0 Å². The minimum atomic E-state index is 0.114. The Balaban J connectivity index is 2.42. The van der Waals surface area contributed by atoms with Crippen LogP contribution in [0.1, 0.15) is 27.2 Å². The average Bonchev–Trinajstić information content (AvgIpc) is 1.85. The van der Waals surface area contributed by atoms with Gasteiger partial charge in [0.15, 0.2) is 5.96 Å². The number of nitrogens with zero attached hydrogens (tertiary/aromatic N) is 1. The van der Waals surface area contributed by atoms with E-state index in [1.807, 2.05) is 0 Å². The van der Waals surface area contributed by atoms with Crippen molar-refractivity contribution >= 4 is 5.96 Å². The van der Waals surface area contributed by atoms with E-state index in [2.05, 4.69) is 36.4 Å². The molecule has 0 spiro atoms. The summed E-state index contributed by atoms with van der Waals surface area (Å²) >= 11 is 0. The molecule has 3 nitrogen and oxygen atoms in total. The summed E-state index contributed by atoms with van der Waals surface area (Å²) in [6, 6.07) is 0. The van der Waals surface area contributed by atoms with Gasteiger partial charge in [0.25, 0.3) is 0 Å². The van der Waals surface area contributed by atoms with Crippen LogP contribution in [0.4, 0.5) is 0 Å². The second-order valence-electron chi connectivity index (χ2n) is 3.89. The Hall–Kier alpha value is -0.730. The van der Waals surface area contributed by atoms with Gasteiger partial charge < -0.3 is 10.6 Å². The molecule has 0 fully saturated rings. The summed E-state index contributed by atoms with van der Waals surface area (Å²) in [7, 11) is 0. The van der Waals surface area contributed by atoms with Crippen molar-refractivity contribution < 1.29 is 0 Å². The second-order valence-corrected chi connectivity index (χ2v) is 3.89. The van der Waals surface area contributed by atoms with Crippen LogP contribution in [0.15, 0.2) is 4.99 Å². The zero-order chi connectivity index (χ0) is 8.32. The number of rotatable bonds is 0. The first kappa shape index (κ1) is 8.37. The highest BCUT2D eigenvalue weighted by Crippen LogP contribution is 1.99. The zero-order valence-electron chi connectivity index (χ0n) is 7.57. The molecule has 11 heavy (non-hydrogen) atoms. The molecule has 0 bridgehead atoms. The van der Waals surface area contributed by atoms with Crippen LogP contribution >= 0.6 is 0 Å². The van der Waals surface area contributed by atoms with Gasteiger partial charge in [0.05, 0.1) is 0 Å². The molecule has 0 aliphatic carbocycles. The maximum atomic E-state index is 4.31. The van der Waals surface area contributed by atoms with E-state index in [1.165, 1.54) is 0 Å². The van der Waals surface area contributed by atoms with Crippen molar-refractivity contribution in [2.45, 2.75) is 32.7 Å². The Morgan fingerprint density at radius 1 is 1.45 bits per heavy atom. The Labute approximate surface area is 68.3 Å². The van der Waals surface area contributed by atoms with Crippen molar-refractivity contribution in [1.82, 2.24) is 10.6 Å². The first-order chi connectivity index (χ1) is 5.08. The minimum Gasteiger partial charge on any atom is -0.356 e. The third-order valence-electron chi connectivity index (χ3n) is 1.39. The van der Waals surface area contributed by atoms with Crippen LogP contribution in [0.25, 0.3) is 0 Å². The molecule has 1 aliphatic rings. The Kier molecular flexibility index (Phi) is 2.37. The zero-order valence-corrected chi connectivity index (χ0v) is 7.57. The predicted octanol–water partition coefficient (Wildman–Crippen LogP) is 0.724. The fourth-order valence-corrected chi connectivity index (χ4v) is 0.972. The van der Waals surface area contributed by atoms with Crippen molar-refractivity contribution in [2.75, 3.05) is 13.1 Å². The highest BCUT2D eigenvalue weighted by Gasteiger charge is 2.12. The standard InChI is InChI=1S/C8H17N3/c1-8(2,3)11-7-9-5-4-6-10-7/h4-6H2,1-3H3,(H2,9,10,11). The lowest BCUT2D eigenvalue weighted by molar-refractivity contribution is 0.496. The number of hydrogen-bond donors (Lipinski definition) is 2. The molecule has 1 rings (SSSR count). The molecular weight excluding hydrogens is 138 g/mol. The highest BCUT2D eigenvalue weighted by molar-refractivity contribution is 5.80. The first-order valence-corrected chi connectivity index (χ1v) is 4.14. The summed E-state index contributed by atoms with van der Waals surface area (Å²) in [5.41, 5.74) is 0.114. The SMILES string of the molecule is CC(C)(C)NC1=NCCCN1. The molecule has 1 aliphatic heterocycles. The van der Waals surface area contributed by atoms with Gasteiger partial charge in [0, 0.05) is 18.6 Å². The predicted molar refractivity (Wildman–Crippen MR) is 47.8 cm³/mol. The van der Waals surface area contributed by atoms with E-state index >= 15 is 0 Å². The van der Waals surface area contributed by atoms with Crippen molar-refractivity contribution in [3.05, 3.63) is 0 Å². The van der Waals surface area contributed by atoms with Crippen molar-refractivity contribution in [1.29, 1.82) is 0 Å². The molecule has 3 heteroatoms. The Bertz CT molecular complexity index is 155. The van der Waals surface area contributed by atoms with Gasteiger partial charge in [-0.25, -0.2) is 0 Å². The fraction of sp³-hybridized carbons (Fsp3) is 0.875. The second kappa shape index (κ2) is 3.11. The van der Waals surface area contributed by atoms with Crippen LogP contribution < -0.4 is 10.6 Å². The topological polar surface area (TPSA) is 36.4 Å². The number of guanidine groups is 1. The largest absolute Gasteiger partial charge is 0.356 e. The average molecular weight is 155 g/mol. The molecule has 0 atom stereocenters. The molecule has 0 aromatic rings. The molecule has 2 N–H and O–H groups in total. The van der Waals surface area contributed by atoms with E-state index < -0.39 is 0 Å². The molecule has 0 saturated carbocycles. The van der Waals surface area contributed by atoms with Gasteiger partial charge in [0.2, 0.25) is 0 Å². The van der Waals surface area contributed by atoms with Crippen molar-refractivity contribution in [3.63, 3.8) is 0 Å². The summed E-state index contributed by atoms with van der Waals surface area (Å²) in [6.07, 6.45) is 1.15. The minimum absolute atomic E-state index is 0.114. The smallest absolute Gasteiger partial charge is 0.191 e.